The Morgan fingerprint density at radius 1 is 1.39 bits per heavy atom. The van der Waals surface area contributed by atoms with Gasteiger partial charge in [-0.2, -0.15) is 0 Å². The van der Waals surface area contributed by atoms with Gasteiger partial charge in [0.15, 0.2) is 0 Å². The molecule has 4 nitrogen and oxygen atoms in total. The molecule has 0 aromatic carbocycles. The van der Waals surface area contributed by atoms with Crippen molar-refractivity contribution < 1.29 is 15.0 Å². The molecular weight excluding hydrogens is 417 g/mol. The third-order valence-corrected chi connectivity index (χ3v) is 6.99. The third-order valence-electron chi connectivity index (χ3n) is 5.16. The van der Waals surface area contributed by atoms with Crippen LogP contribution in [0.15, 0.2) is 30.3 Å². The summed E-state index contributed by atoms with van der Waals surface area (Å²) in [6.07, 6.45) is 6.76. The summed E-state index contributed by atoms with van der Waals surface area (Å²) in [5, 5.41) is 19.9. The summed E-state index contributed by atoms with van der Waals surface area (Å²) in [7, 11) is 0. The highest BCUT2D eigenvalue weighted by molar-refractivity contribution is 7.13. The molecule has 4 atom stereocenters. The number of pyridine rings is 1. The molecule has 150 valence electrons. The van der Waals surface area contributed by atoms with Crippen LogP contribution in [-0.4, -0.2) is 32.6 Å². The van der Waals surface area contributed by atoms with Crippen LogP contribution in [0.3, 0.4) is 0 Å². The first-order valence-corrected chi connectivity index (χ1v) is 10.9. The van der Waals surface area contributed by atoms with Gasteiger partial charge in [0.2, 0.25) is 0 Å². The van der Waals surface area contributed by atoms with E-state index in [2.05, 4.69) is 4.98 Å². The maximum atomic E-state index is 11.0. The number of rotatable bonds is 7. The number of aromatic nitrogens is 1. The highest BCUT2D eigenvalue weighted by Gasteiger charge is 2.39. The number of halogens is 2. The molecule has 2 aromatic heterocycles. The van der Waals surface area contributed by atoms with Crippen LogP contribution in [0.1, 0.15) is 45.1 Å². The average molecular weight is 440 g/mol. The summed E-state index contributed by atoms with van der Waals surface area (Å²) in [6.45, 7) is 1.89. The highest BCUT2D eigenvalue weighted by Crippen LogP contribution is 2.40. The summed E-state index contributed by atoms with van der Waals surface area (Å²) in [5.74, 6) is -0.703. The van der Waals surface area contributed by atoms with E-state index in [1.807, 2.05) is 31.2 Å². The smallest absolute Gasteiger partial charge is 0.345 e. The molecule has 1 aliphatic carbocycles. The molecule has 0 spiro atoms. The molecule has 0 amide bonds. The number of aromatic carboxylic acids is 1. The molecule has 2 aromatic rings. The summed E-state index contributed by atoms with van der Waals surface area (Å²) >= 11 is 13.9. The van der Waals surface area contributed by atoms with Crippen molar-refractivity contribution >= 4 is 46.6 Å². The van der Waals surface area contributed by atoms with Crippen LogP contribution < -0.4 is 0 Å². The molecular formula is C21H23Cl2NO3S. The standard InChI is InChI=1S/C21H23Cl2NO3S/c1-12-9-13(10-20(23)24-12)5-7-16-15(17(22)11-18(16)25)4-2-3-14-6-8-19(28-14)21(26)27/h5-10,15-18,25H,2-4,11H2,1H3,(H,26,27)/b7-5+/t15-,16-,17-,18-/m1/s1. The fraction of sp³-hybridized carbons (Fsp3) is 0.429. The second-order valence-corrected chi connectivity index (χ2v) is 9.36. The molecule has 2 heterocycles. The van der Waals surface area contributed by atoms with E-state index < -0.39 is 12.1 Å². The Bertz CT molecular complexity index is 847. The lowest BCUT2D eigenvalue weighted by atomic mass is 9.89. The summed E-state index contributed by atoms with van der Waals surface area (Å²) < 4.78 is 0. The fourth-order valence-corrected chi connectivity index (χ4v) is 5.47. The number of aryl methyl sites for hydroxylation is 2. The van der Waals surface area contributed by atoms with E-state index in [9.17, 15) is 9.90 Å². The van der Waals surface area contributed by atoms with E-state index in [1.165, 1.54) is 11.3 Å². The Balaban J connectivity index is 1.62. The van der Waals surface area contributed by atoms with Crippen LogP contribution in [-0.2, 0) is 6.42 Å². The van der Waals surface area contributed by atoms with Gasteiger partial charge in [-0.05, 0) is 68.4 Å². The first-order chi connectivity index (χ1) is 13.3. The Morgan fingerprint density at radius 2 is 2.18 bits per heavy atom. The molecule has 3 rings (SSSR count). The van der Waals surface area contributed by atoms with Gasteiger partial charge >= 0.3 is 5.97 Å². The lowest BCUT2D eigenvalue weighted by Gasteiger charge is -2.20. The number of alkyl halides is 1. The lowest BCUT2D eigenvalue weighted by Crippen LogP contribution is -2.18. The predicted molar refractivity (Wildman–Crippen MR) is 114 cm³/mol. The molecule has 1 aliphatic rings. The topological polar surface area (TPSA) is 70.4 Å². The number of carboxylic acid groups (broad SMARTS) is 1. The first kappa shape index (κ1) is 21.3. The largest absolute Gasteiger partial charge is 0.477 e. The van der Waals surface area contributed by atoms with E-state index in [0.717, 1.165) is 35.4 Å². The summed E-state index contributed by atoms with van der Waals surface area (Å²) in [4.78, 5) is 16.6. The van der Waals surface area contributed by atoms with Crippen molar-refractivity contribution in [3.63, 3.8) is 0 Å². The average Bonchev–Trinajstić information content (AvgIpc) is 3.18. The van der Waals surface area contributed by atoms with Gasteiger partial charge in [0.1, 0.15) is 10.0 Å². The molecule has 28 heavy (non-hydrogen) atoms. The van der Waals surface area contributed by atoms with Crippen molar-refractivity contribution in [1.82, 2.24) is 4.98 Å². The number of carbonyl (C=O) groups is 1. The first-order valence-electron chi connectivity index (χ1n) is 9.30. The summed E-state index contributed by atoms with van der Waals surface area (Å²) in [5.41, 5.74) is 1.81. The van der Waals surface area contributed by atoms with Crippen LogP contribution in [0.2, 0.25) is 5.15 Å². The lowest BCUT2D eigenvalue weighted by molar-refractivity contribution is 0.0702. The van der Waals surface area contributed by atoms with E-state index in [4.69, 9.17) is 28.3 Å². The Kier molecular flexibility index (Phi) is 7.15. The number of thiophene rings is 1. The molecule has 0 bridgehead atoms. The zero-order valence-electron chi connectivity index (χ0n) is 15.5. The minimum atomic E-state index is -0.882. The van der Waals surface area contributed by atoms with Gasteiger partial charge in [0.25, 0.3) is 0 Å². The Morgan fingerprint density at radius 3 is 2.86 bits per heavy atom. The van der Waals surface area contributed by atoms with Crippen LogP contribution >= 0.6 is 34.5 Å². The zero-order chi connectivity index (χ0) is 20.3. The number of aliphatic hydroxyl groups is 1. The van der Waals surface area contributed by atoms with Gasteiger partial charge in [-0.1, -0.05) is 23.8 Å². The number of hydrogen-bond donors (Lipinski definition) is 2. The van der Waals surface area contributed by atoms with Gasteiger partial charge in [0.05, 0.1) is 6.10 Å². The molecule has 0 unspecified atom stereocenters. The van der Waals surface area contributed by atoms with E-state index in [-0.39, 0.29) is 17.2 Å². The van der Waals surface area contributed by atoms with Gasteiger partial charge in [-0.25, -0.2) is 9.78 Å². The van der Waals surface area contributed by atoms with E-state index in [0.29, 0.717) is 16.5 Å². The molecule has 0 aliphatic heterocycles. The highest BCUT2D eigenvalue weighted by atomic mass is 35.5. The van der Waals surface area contributed by atoms with Crippen molar-refractivity contribution in [2.24, 2.45) is 11.8 Å². The quantitative estimate of drug-likeness (QED) is 0.444. The van der Waals surface area contributed by atoms with Crippen LogP contribution in [0, 0.1) is 18.8 Å². The number of hydrogen-bond acceptors (Lipinski definition) is 4. The number of carboxylic acids is 1. The maximum absolute atomic E-state index is 11.0. The van der Waals surface area contributed by atoms with E-state index >= 15 is 0 Å². The predicted octanol–water partition coefficient (Wildman–Crippen LogP) is 5.44. The maximum Gasteiger partial charge on any atom is 0.345 e. The van der Waals surface area contributed by atoms with Crippen molar-refractivity contribution in [2.75, 3.05) is 0 Å². The molecule has 1 fully saturated rings. The second-order valence-electron chi connectivity index (χ2n) is 7.25. The Labute approximate surface area is 178 Å². The normalized spacial score (nSPS) is 24.9. The molecule has 0 radical (unpaired) electrons. The van der Waals surface area contributed by atoms with Crippen LogP contribution in [0.25, 0.3) is 6.08 Å². The van der Waals surface area contributed by atoms with Crippen LogP contribution in [0.4, 0.5) is 0 Å². The Hall–Kier alpha value is -1.40. The van der Waals surface area contributed by atoms with Gasteiger partial charge in [0, 0.05) is 21.9 Å². The van der Waals surface area contributed by atoms with Crippen molar-refractivity contribution in [3.05, 3.63) is 56.5 Å². The minimum Gasteiger partial charge on any atom is -0.477 e. The van der Waals surface area contributed by atoms with Crippen molar-refractivity contribution in [2.45, 2.75) is 44.1 Å². The summed E-state index contributed by atoms with van der Waals surface area (Å²) in [6, 6.07) is 7.28. The van der Waals surface area contributed by atoms with Gasteiger partial charge in [-0.3, -0.25) is 0 Å². The van der Waals surface area contributed by atoms with Crippen molar-refractivity contribution in [1.29, 1.82) is 0 Å². The number of nitrogens with zero attached hydrogens (tertiary/aromatic N) is 1. The van der Waals surface area contributed by atoms with E-state index in [1.54, 1.807) is 12.1 Å². The second kappa shape index (κ2) is 9.40. The fourth-order valence-electron chi connectivity index (χ4n) is 3.84. The molecule has 7 heteroatoms. The van der Waals surface area contributed by atoms with Gasteiger partial charge < -0.3 is 10.2 Å². The van der Waals surface area contributed by atoms with Crippen LogP contribution in [0.5, 0.6) is 0 Å². The van der Waals surface area contributed by atoms with Crippen molar-refractivity contribution in [3.8, 4) is 0 Å². The minimum absolute atomic E-state index is 0.00679. The third kappa shape index (κ3) is 5.35. The monoisotopic (exact) mass is 439 g/mol. The SMILES string of the molecule is Cc1cc(/C=C/[C@@H]2[C@@H](CCCc3ccc(C(=O)O)s3)[C@H](Cl)C[C@H]2O)cc(Cl)n1. The molecule has 2 N–H and O–H groups in total. The zero-order valence-corrected chi connectivity index (χ0v) is 17.8. The number of aliphatic hydroxyl groups excluding tert-OH is 1. The molecule has 0 saturated heterocycles. The van der Waals surface area contributed by atoms with Gasteiger partial charge in [-0.15, -0.1) is 22.9 Å². The molecule has 1 saturated carbocycles.